The number of terminal acetylenes is 2. The van der Waals surface area contributed by atoms with Gasteiger partial charge in [-0.15, -0.1) is 39.6 Å². The van der Waals surface area contributed by atoms with Gasteiger partial charge in [-0.3, -0.25) is 18.5 Å². The van der Waals surface area contributed by atoms with Crippen molar-refractivity contribution >= 4 is 59.1 Å². The molecule has 9 rings (SSSR count). The Morgan fingerprint density at radius 3 is 1.74 bits per heavy atom. The minimum Gasteiger partial charge on any atom is -0.497 e. The summed E-state index contributed by atoms with van der Waals surface area (Å²) in [6.45, 7) is 3.65. The Kier molecular flexibility index (Phi) is 25.9. The number of esters is 1. The first-order valence-electron chi connectivity index (χ1n) is 26.1. The number of nitrogens with one attached hydrogen (secondary N) is 2. The molecule has 3 aliphatic rings. The lowest BCUT2D eigenvalue weighted by Gasteiger charge is -2.37. The van der Waals surface area contributed by atoms with E-state index < -0.39 is 104 Å². The Hall–Kier alpha value is -6.46. The van der Waals surface area contributed by atoms with Crippen molar-refractivity contribution in [2.75, 3.05) is 32.4 Å². The van der Waals surface area contributed by atoms with Gasteiger partial charge < -0.3 is 64.1 Å². The van der Waals surface area contributed by atoms with Gasteiger partial charge in [0, 0.05) is 19.5 Å². The van der Waals surface area contributed by atoms with Crippen LogP contribution < -0.4 is 36.8 Å². The number of carbonyl (C=O) groups excluding carboxylic acids is 1. The van der Waals surface area contributed by atoms with Crippen LogP contribution in [0, 0.1) is 36.5 Å². The molecule has 3 saturated heterocycles. The number of nitrogens with two attached hydrogens (primary N) is 1. The van der Waals surface area contributed by atoms with Crippen LogP contribution in [0.4, 0.5) is 11.6 Å². The van der Waals surface area contributed by atoms with Crippen molar-refractivity contribution in [3.05, 3.63) is 177 Å². The van der Waals surface area contributed by atoms with Gasteiger partial charge in [0.05, 0.1) is 26.4 Å². The number of aliphatic hydroxyl groups excluding tert-OH is 3. The number of hydrogen-bond donors (Lipinski definition) is 6. The van der Waals surface area contributed by atoms with Crippen LogP contribution in [-0.2, 0) is 47.8 Å². The van der Waals surface area contributed by atoms with Crippen molar-refractivity contribution in [3.8, 4) is 48.0 Å². The Morgan fingerprint density at radius 1 is 0.721 bits per heavy atom. The van der Waals surface area contributed by atoms with Gasteiger partial charge in [-0.2, -0.15) is 15.1 Å². The second kappa shape index (κ2) is 32.5. The fraction of sp³-hybridized carbons (Fsp3) is 0.328. The van der Waals surface area contributed by atoms with Crippen molar-refractivity contribution in [2.24, 2.45) is 0 Å². The molecule has 6 aromatic rings. The van der Waals surface area contributed by atoms with Gasteiger partial charge in [-0.1, -0.05) is 91.0 Å². The smallest absolute Gasteiger partial charge is 0.459 e. The van der Waals surface area contributed by atoms with Gasteiger partial charge in [0.15, 0.2) is 12.5 Å². The molecule has 5 unspecified atom stereocenters. The fourth-order valence-corrected chi connectivity index (χ4v) is 10.9. The maximum Gasteiger partial charge on any atom is 0.459 e. The van der Waals surface area contributed by atoms with Gasteiger partial charge in [-0.05, 0) is 105 Å². The van der Waals surface area contributed by atoms with Crippen LogP contribution in [0.2, 0.25) is 0 Å². The van der Waals surface area contributed by atoms with E-state index in [1.54, 1.807) is 44.5 Å². The number of anilines is 2. The van der Waals surface area contributed by atoms with E-state index >= 15 is 0 Å². The molecule has 0 amide bonds. The van der Waals surface area contributed by atoms with Crippen molar-refractivity contribution < 1.29 is 66.9 Å². The highest BCUT2D eigenvalue weighted by molar-refractivity contribution is 8.65. The zero-order chi connectivity index (χ0) is 62.7. The number of aliphatic hydroxyl groups is 3. The number of hydrogen-bond acceptors (Lipinski definition) is 20. The molecule has 23 nitrogen and oxygen atoms in total. The molecule has 2 aromatic heterocycles. The van der Waals surface area contributed by atoms with E-state index in [-0.39, 0.29) is 18.6 Å². The normalized spacial score (nSPS) is 22.7. The summed E-state index contributed by atoms with van der Waals surface area (Å²) in [5, 5.41) is 37.4. The van der Waals surface area contributed by atoms with Gasteiger partial charge in [0.2, 0.25) is 0 Å². The van der Waals surface area contributed by atoms with Crippen LogP contribution in [0.25, 0.3) is 0 Å². The van der Waals surface area contributed by atoms with Crippen molar-refractivity contribution in [1.82, 2.24) is 24.2 Å². The third-order valence-corrected chi connectivity index (χ3v) is 14.8. The third kappa shape index (κ3) is 17.6. The summed E-state index contributed by atoms with van der Waals surface area (Å²) in [4.78, 5) is 45.6. The number of para-hydroxylation sites is 1. The Balaban J connectivity index is 0.000000242. The van der Waals surface area contributed by atoms with Gasteiger partial charge in [-0.25, -0.2) is 14.2 Å². The Labute approximate surface area is 506 Å². The van der Waals surface area contributed by atoms with Crippen LogP contribution >= 0.6 is 41.5 Å². The lowest BCUT2D eigenvalue weighted by atomic mass is 9.77. The molecule has 0 spiro atoms. The van der Waals surface area contributed by atoms with Crippen molar-refractivity contribution in [2.45, 2.75) is 100 Å². The van der Waals surface area contributed by atoms with E-state index in [4.69, 9.17) is 56.0 Å². The molecule has 0 radical (unpaired) electrons. The standard InChI is InChI=1S/C32H33N3O7.C20H27N4O9P.C6H2.H6P4/c1-20(36)26-27-28(42-31(39-3)41-27)29(40-26)35-19-18-25(33-30(35)37)34-32(21-10-6-4-7-11-21,22-12-8-5-9-13-22)23-14-16-24(38-2)17-15-23;1-11(19(27)30-3)23-34(29,33-13-7-5-4-6-8-13)32-12(2)17-15(25)16(26)18(31-17)24-10-9-14(21)22-20(24)28;1-3-5-6-4-2;1-4(2)3/h4-20,26-29,31,36H,1-3H3,(H,33,34,37);4-12,15-18,25-26H,1-3H3,(H,23,29)(H2,21,22,28);1-2H;1-3H2/t20-,26+,27+,28+,29+,31?;11-,12-,15-,16+,17+,18+,34?;;/m00../s1. The SMILES string of the molecule is C#CC#CC#C.COC(=O)[C@H](C)NP(=O)(Oc1ccccc1)O[C@@H](C)[C@H]1O[C@@H](n2ccc(N)nc2=O)[C@H](O)[C@@H]1O.COc1ccc(C(Nc2ccn([C@@H]3O[C@H]([C@H](C)O)[C@H]4OC(OC)O[C@H]43)c(=O)n2)(c2ccccc2)c2ccccc2)cc1.PP(P)P. The first-order valence-corrected chi connectivity index (χ1v) is 33.9. The number of nitrogens with zero attached hydrogens (tertiary/aromatic N) is 4. The predicted molar refractivity (Wildman–Crippen MR) is 334 cm³/mol. The molecular formula is C58H68N7O16P5. The molecule has 7 N–H and O–H groups in total. The van der Waals surface area contributed by atoms with E-state index in [0.717, 1.165) is 27.0 Å². The highest BCUT2D eigenvalue weighted by atomic mass is 32.7. The molecule has 0 aliphatic carbocycles. The van der Waals surface area contributed by atoms with E-state index in [1.807, 2.05) is 84.9 Å². The summed E-state index contributed by atoms with van der Waals surface area (Å²) in [6.07, 6.45) is 1.85. The number of benzene rings is 4. The van der Waals surface area contributed by atoms with Gasteiger partial charge in [0.1, 0.15) is 71.3 Å². The maximum atomic E-state index is 13.6. The molecule has 0 bridgehead atoms. The Bertz CT molecular complexity index is 3420. The number of nitrogen functional groups attached to an aromatic ring is 1. The lowest BCUT2D eigenvalue weighted by molar-refractivity contribution is -0.260. The molecule has 0 saturated carbocycles. The van der Waals surface area contributed by atoms with Gasteiger partial charge in [0.25, 0.3) is 6.48 Å². The lowest BCUT2D eigenvalue weighted by Crippen LogP contribution is -2.41. The quantitative estimate of drug-likeness (QED) is 0.0251. The monoisotopic (exact) mass is 1270 g/mol. The average molecular weight is 1270 g/mol. The number of fused-ring (bicyclic) bond motifs is 1. The summed E-state index contributed by atoms with van der Waals surface area (Å²) in [5.41, 5.74) is 6.07. The van der Waals surface area contributed by atoms with Gasteiger partial charge >= 0.3 is 25.1 Å². The summed E-state index contributed by atoms with van der Waals surface area (Å²) in [5.74, 6) is 9.16. The molecule has 16 atom stereocenters. The second-order valence-electron chi connectivity index (χ2n) is 18.9. The van der Waals surface area contributed by atoms with E-state index in [0.29, 0.717) is 5.82 Å². The third-order valence-electron chi connectivity index (χ3n) is 13.0. The Morgan fingerprint density at radius 2 is 1.23 bits per heavy atom. The number of carbonyl (C=O) groups is 1. The first-order chi connectivity index (χ1) is 41.1. The summed E-state index contributed by atoms with van der Waals surface area (Å²) < 4.78 is 65.7. The van der Waals surface area contributed by atoms with Crippen LogP contribution in [0.1, 0.15) is 49.9 Å². The van der Waals surface area contributed by atoms with Crippen molar-refractivity contribution in [1.29, 1.82) is 0 Å². The minimum absolute atomic E-state index is 0.0210. The highest BCUT2D eigenvalue weighted by Gasteiger charge is 2.55. The number of ether oxygens (including phenoxy) is 7. The highest BCUT2D eigenvalue weighted by Crippen LogP contribution is 2.60. The molecule has 3 fully saturated rings. The largest absolute Gasteiger partial charge is 0.497 e. The molecular weight excluding hydrogens is 1210 g/mol. The molecule has 86 heavy (non-hydrogen) atoms. The topological polar surface area (TPSA) is 298 Å². The molecule has 4 aromatic carbocycles. The average Bonchev–Trinajstić information content (AvgIpc) is 1.47. The van der Waals surface area contributed by atoms with Crippen LogP contribution in [0.5, 0.6) is 11.5 Å². The number of aromatic nitrogens is 4. The number of rotatable bonds is 18. The molecule has 5 heterocycles. The van der Waals surface area contributed by atoms with Crippen LogP contribution in [-0.4, -0.2) is 123 Å². The van der Waals surface area contributed by atoms with Crippen LogP contribution in [0.15, 0.2) is 149 Å². The maximum absolute atomic E-state index is 13.6. The minimum atomic E-state index is -4.25. The second-order valence-corrected chi connectivity index (χ2v) is 32.2. The zero-order valence-corrected chi connectivity index (χ0v) is 52.8. The fourth-order valence-electron chi connectivity index (χ4n) is 9.22. The predicted octanol–water partition coefficient (Wildman–Crippen LogP) is 5.93. The molecule has 456 valence electrons. The van der Waals surface area contributed by atoms with Crippen LogP contribution in [0.3, 0.4) is 0 Å². The molecule has 28 heteroatoms. The van der Waals surface area contributed by atoms with Crippen molar-refractivity contribution in [3.63, 3.8) is 0 Å². The number of methoxy groups -OCH3 is 3. The van der Waals surface area contributed by atoms with E-state index in [9.17, 15) is 34.3 Å². The van der Waals surface area contributed by atoms with E-state index in [1.165, 1.54) is 57.0 Å². The summed E-state index contributed by atoms with van der Waals surface area (Å²) >= 11 is 0. The van der Waals surface area contributed by atoms with E-state index in [2.05, 4.69) is 75.6 Å². The zero-order valence-electron chi connectivity index (χ0n) is 47.5. The first kappa shape index (κ1) is 68.7. The molecule has 3 aliphatic heterocycles. The summed E-state index contributed by atoms with van der Waals surface area (Å²) in [7, 11) is 7.96. The summed E-state index contributed by atoms with van der Waals surface area (Å²) in [6, 6.07) is 37.9.